The molecule has 0 fully saturated rings. The van der Waals surface area contributed by atoms with Crippen molar-refractivity contribution in [3.8, 4) is 0 Å². The highest BCUT2D eigenvalue weighted by Crippen LogP contribution is 2.49. The second-order valence-corrected chi connectivity index (χ2v) is 35.1. The number of Topliss-reactive ketones (excluding diaryl/α,β-unsaturated/α-hetero) is 3. The second-order valence-electron chi connectivity index (χ2n) is 33.6. The van der Waals surface area contributed by atoms with Gasteiger partial charge in [0.05, 0.1) is 23.1 Å². The van der Waals surface area contributed by atoms with Crippen LogP contribution in [-0.4, -0.2) is 136 Å². The summed E-state index contributed by atoms with van der Waals surface area (Å²) < 4.78 is 35.6. The fraction of sp³-hybridized carbons (Fsp3) is 0.521. The Hall–Kier alpha value is -9.67. The quantitative estimate of drug-likeness (QED) is 0.0102. The highest BCUT2D eigenvalue weighted by atomic mass is 32.2. The minimum atomic E-state index is -4.08. The average molecular weight is 1640 g/mol. The van der Waals surface area contributed by atoms with E-state index in [0.29, 0.717) is 64.5 Å². The lowest BCUT2D eigenvalue weighted by Crippen LogP contribution is -2.46. The Morgan fingerprint density at radius 2 is 1.12 bits per heavy atom. The molecule has 8 rings (SSSR count). The van der Waals surface area contributed by atoms with Crippen molar-refractivity contribution in [2.24, 2.45) is 11.8 Å². The lowest BCUT2D eigenvalue weighted by molar-refractivity contribution is -0.440. The molecule has 0 spiro atoms. The third-order valence-corrected chi connectivity index (χ3v) is 24.5. The lowest BCUT2D eigenvalue weighted by Gasteiger charge is -2.28. The number of hydrogen-bond acceptors (Lipinski definition) is 12. The number of ketones is 3. The number of carbonyl (C=O) groups is 9. The smallest absolute Gasteiger partial charge is 0.326 e. The largest absolute Gasteiger partial charge is 0.481 e. The van der Waals surface area contributed by atoms with E-state index in [1.165, 1.54) is 45.7 Å². The maximum absolute atomic E-state index is 14.4. The van der Waals surface area contributed by atoms with Gasteiger partial charge in [0.25, 0.3) is 10.1 Å². The van der Waals surface area contributed by atoms with Crippen LogP contribution >= 0.6 is 0 Å². The fourth-order valence-corrected chi connectivity index (χ4v) is 17.6. The lowest BCUT2D eigenvalue weighted by atomic mass is 9.77. The van der Waals surface area contributed by atoms with Crippen LogP contribution in [-0.2, 0) is 85.0 Å². The van der Waals surface area contributed by atoms with Crippen LogP contribution in [0.2, 0.25) is 0 Å². The Bertz CT molecular complexity index is 4430. The van der Waals surface area contributed by atoms with Crippen LogP contribution in [0.15, 0.2) is 168 Å². The SMILES string of the molecule is CCCCC[N+]1=C(CCC2=C(Cc3ccc(C[C@H](CC(=O)CCCCCCCNC(=O)[C@@H](CC(=O)[C@H](Cc4ccccc4)NC(=O)CCCCCCCCC(=O)CC[C@H](NC(=O)NCCCC(=O)O)C(=O)O)Cc4ccccc4)C(=O)O)cc3)/C(=C/C=C3/N(CCCCS(=O)(=O)O)c4ccccc4C3(C)C)CCC2)C(C)(C)c2ccccc21. The number of carboxylic acids is 3. The molecular weight excluding hydrogens is 1510 g/mol. The van der Waals surface area contributed by atoms with Crippen molar-refractivity contribution in [3.05, 3.63) is 201 Å². The zero-order valence-corrected chi connectivity index (χ0v) is 71.1. The van der Waals surface area contributed by atoms with E-state index in [1.54, 1.807) is 0 Å². The summed E-state index contributed by atoms with van der Waals surface area (Å²) in [7, 11) is -4.08. The van der Waals surface area contributed by atoms with E-state index in [4.69, 9.17) is 5.11 Å². The fourth-order valence-electron chi connectivity index (χ4n) is 17.0. The van der Waals surface area contributed by atoms with Crippen LogP contribution in [0.4, 0.5) is 16.2 Å². The molecule has 2 heterocycles. The van der Waals surface area contributed by atoms with E-state index in [2.05, 4.69) is 132 Å². The van der Waals surface area contributed by atoms with E-state index < -0.39 is 58.0 Å². The summed E-state index contributed by atoms with van der Waals surface area (Å²) in [5.74, 6) is -6.10. The minimum absolute atomic E-state index is 0.0201. The molecule has 3 aliphatic rings. The Morgan fingerprint density at radius 1 is 0.525 bits per heavy atom. The van der Waals surface area contributed by atoms with Crippen molar-refractivity contribution in [1.29, 1.82) is 0 Å². The molecule has 22 heteroatoms. The summed E-state index contributed by atoms with van der Waals surface area (Å²) >= 11 is 0. The number of para-hydroxylation sites is 2. The third kappa shape index (κ3) is 30.3. The number of fused-ring (bicyclic) bond motifs is 2. The Labute approximate surface area is 699 Å². The summed E-state index contributed by atoms with van der Waals surface area (Å²) in [6, 6.07) is 41.7. The van der Waals surface area contributed by atoms with E-state index in [1.807, 2.05) is 78.9 Å². The standard InChI is InChI=1S/C96H128N6O15S/c1-6-7-29-60-101-84-44-26-24-42-80(84)95(2,3)87(101)56-52-73-38-32-39-74(53-57-88-96(4,5)81-43-25-27-45-85(81)102(88)61-30-31-62-118(115,116)117)79(73)65-72-50-48-71(49-51-72)64-76(92(110)111)67-78(104)41-22-12-10-14-28-58-97-91(109)75(63-69-34-17-15-18-35-69)68-86(105)83(66-70-36-19-16-20-37-70)99-89(106)46-23-13-9-8-11-21-40-77(103)54-55-82(93(112)113)100-94(114)98-59-33-47-90(107)108/h15-20,24-27,34-37,42-45,48-51,53,57,75-76,82-83H,6-14,21-23,28-33,38-41,46-47,52,54-56,58-68H2,1-5H3,(H7-,97,98,99,100,106,107,108,109,110,111,112,113,114,115,116,117)/p+1/b74-53+,88-57+/t75-,76-,82+,83+/m1/s1. The zero-order chi connectivity index (χ0) is 85.0. The number of aliphatic carboxylic acids is 3. The number of hydrogen-bond donors (Lipinski definition) is 8. The van der Waals surface area contributed by atoms with Crippen LogP contribution in [0.1, 0.15) is 261 Å². The molecule has 5 aromatic rings. The number of allylic oxidation sites excluding steroid dienone is 6. The summed E-state index contributed by atoms with van der Waals surface area (Å²) in [6.45, 7) is 13.5. The topological polar surface area (TPSA) is 323 Å². The number of carboxylic acid groups (broad SMARTS) is 3. The van der Waals surface area contributed by atoms with Crippen molar-refractivity contribution < 1.29 is 76.0 Å². The second kappa shape index (κ2) is 47.8. The van der Waals surface area contributed by atoms with Gasteiger partial charge < -0.3 is 41.5 Å². The average Bonchev–Trinajstić information content (AvgIpc) is 1.60. The number of rotatable bonds is 55. The zero-order valence-electron chi connectivity index (χ0n) is 70.3. The van der Waals surface area contributed by atoms with Gasteiger partial charge in [-0.1, -0.05) is 205 Å². The van der Waals surface area contributed by atoms with E-state index >= 15 is 0 Å². The third-order valence-electron chi connectivity index (χ3n) is 23.6. The molecule has 0 saturated carbocycles. The Morgan fingerprint density at radius 3 is 1.78 bits per heavy atom. The molecule has 0 radical (unpaired) electrons. The van der Waals surface area contributed by atoms with Gasteiger partial charge in [-0.25, -0.2) is 9.59 Å². The van der Waals surface area contributed by atoms with Gasteiger partial charge in [0.1, 0.15) is 24.2 Å². The van der Waals surface area contributed by atoms with Crippen molar-refractivity contribution in [1.82, 2.24) is 21.3 Å². The van der Waals surface area contributed by atoms with Crippen LogP contribution in [0, 0.1) is 11.8 Å². The number of amides is 4. The summed E-state index contributed by atoms with van der Waals surface area (Å²) in [5, 5.41) is 39.7. The normalized spacial score (nSPS) is 15.9. The van der Waals surface area contributed by atoms with Crippen molar-refractivity contribution >= 4 is 80.3 Å². The van der Waals surface area contributed by atoms with Crippen LogP contribution in [0.5, 0.6) is 0 Å². The first-order valence-electron chi connectivity index (χ1n) is 43.3. The maximum atomic E-state index is 14.4. The molecule has 638 valence electrons. The van der Waals surface area contributed by atoms with Gasteiger partial charge in [-0.05, 0) is 174 Å². The number of anilines is 1. The molecule has 2 aliphatic heterocycles. The first-order chi connectivity index (χ1) is 56.6. The van der Waals surface area contributed by atoms with Crippen LogP contribution in [0.3, 0.4) is 0 Å². The predicted molar refractivity (Wildman–Crippen MR) is 464 cm³/mol. The molecular formula is C96H129N6O15S+. The molecule has 21 nitrogen and oxygen atoms in total. The van der Waals surface area contributed by atoms with Gasteiger partial charge >= 0.3 is 23.9 Å². The van der Waals surface area contributed by atoms with E-state index in [9.17, 15) is 66.3 Å². The Balaban J connectivity index is 0.807. The van der Waals surface area contributed by atoms with Gasteiger partial charge in [0.2, 0.25) is 17.5 Å². The number of unbranched alkanes of at least 4 members (excludes halogenated alkanes) is 12. The van der Waals surface area contributed by atoms with Crippen molar-refractivity contribution in [3.63, 3.8) is 0 Å². The van der Waals surface area contributed by atoms with Crippen molar-refractivity contribution in [2.45, 2.75) is 276 Å². The van der Waals surface area contributed by atoms with Gasteiger partial charge in [0, 0.05) is 112 Å². The molecule has 1 aliphatic carbocycles. The highest BCUT2D eigenvalue weighted by molar-refractivity contribution is 7.85. The number of carbonyl (C=O) groups excluding carboxylic acids is 6. The first-order valence-corrected chi connectivity index (χ1v) is 44.9. The molecule has 0 unspecified atom stereocenters. The van der Waals surface area contributed by atoms with E-state index in [-0.39, 0.29) is 123 Å². The molecule has 8 N–H and O–H groups in total. The van der Waals surface area contributed by atoms with E-state index in [0.717, 1.165) is 130 Å². The molecule has 0 aromatic heterocycles. The molecule has 118 heavy (non-hydrogen) atoms. The molecule has 0 saturated heterocycles. The highest BCUT2D eigenvalue weighted by Gasteiger charge is 2.45. The van der Waals surface area contributed by atoms with Crippen LogP contribution in [0.25, 0.3) is 0 Å². The molecule has 5 aromatic carbocycles. The van der Waals surface area contributed by atoms with Gasteiger partial charge in [-0.15, -0.1) is 0 Å². The van der Waals surface area contributed by atoms with Crippen molar-refractivity contribution in [2.75, 3.05) is 36.8 Å². The number of nitrogens with one attached hydrogen (secondary N) is 4. The summed E-state index contributed by atoms with van der Waals surface area (Å²) in [6.07, 6.45) is 23.8. The molecule has 4 amide bonds. The Kier molecular flexibility index (Phi) is 38.0. The number of nitrogens with zero attached hydrogens (tertiary/aromatic N) is 2. The van der Waals surface area contributed by atoms with Gasteiger partial charge in [-0.2, -0.15) is 13.0 Å². The summed E-state index contributed by atoms with van der Waals surface area (Å²) in [5.41, 5.74) is 14.9. The van der Waals surface area contributed by atoms with Gasteiger partial charge in [0.15, 0.2) is 11.5 Å². The molecule has 0 bridgehead atoms. The number of urea groups is 1. The number of benzene rings is 5. The minimum Gasteiger partial charge on any atom is -0.481 e. The first kappa shape index (κ1) is 93.8. The predicted octanol–water partition coefficient (Wildman–Crippen LogP) is 17.3. The monoisotopic (exact) mass is 1640 g/mol. The maximum Gasteiger partial charge on any atom is 0.326 e. The molecule has 4 atom stereocenters. The summed E-state index contributed by atoms with van der Waals surface area (Å²) in [4.78, 5) is 118. The van der Waals surface area contributed by atoms with Crippen LogP contribution < -0.4 is 26.2 Å². The van der Waals surface area contributed by atoms with Gasteiger partial charge in [-0.3, -0.25) is 38.1 Å².